The number of nitro groups is 1. The molecule has 0 aliphatic carbocycles. The van der Waals surface area contributed by atoms with Crippen molar-refractivity contribution in [2.75, 3.05) is 11.9 Å². The van der Waals surface area contributed by atoms with Crippen LogP contribution in [-0.4, -0.2) is 32.5 Å². The van der Waals surface area contributed by atoms with Crippen molar-refractivity contribution >= 4 is 11.4 Å². The van der Waals surface area contributed by atoms with Crippen LogP contribution in [0.2, 0.25) is 0 Å². The summed E-state index contributed by atoms with van der Waals surface area (Å²) in [4.78, 5) is 9.98. The molecule has 2 aromatic rings. The van der Waals surface area contributed by atoms with E-state index in [1.54, 1.807) is 24.3 Å². The predicted molar refractivity (Wildman–Crippen MR) is 74.5 cm³/mol. The molecule has 1 atom stereocenters. The Hall–Kier alpha value is -2.92. The molecule has 1 heterocycles. The Morgan fingerprint density at radius 2 is 2.29 bits per heavy atom. The molecule has 0 aliphatic rings. The van der Waals surface area contributed by atoms with Crippen LogP contribution in [0.3, 0.4) is 0 Å². The Kier molecular flexibility index (Phi) is 4.48. The first-order chi connectivity index (χ1) is 10.1. The molecule has 0 amide bonds. The van der Waals surface area contributed by atoms with Gasteiger partial charge in [-0.3, -0.25) is 14.8 Å². The van der Waals surface area contributed by atoms with Gasteiger partial charge in [-0.25, -0.2) is 0 Å². The molecular weight excluding hydrogens is 274 g/mol. The first-order valence-electron chi connectivity index (χ1n) is 6.18. The van der Waals surface area contributed by atoms with Gasteiger partial charge < -0.3 is 10.4 Å². The molecule has 0 spiro atoms. The number of anilines is 1. The SMILES string of the molecule is N#Cc1ccccc1NCC(O)Cn1cc([N+](=O)[O-])cn1. The van der Waals surface area contributed by atoms with E-state index in [2.05, 4.69) is 10.4 Å². The Morgan fingerprint density at radius 3 is 2.95 bits per heavy atom. The molecule has 2 rings (SSSR count). The molecule has 1 unspecified atom stereocenters. The molecule has 8 heteroatoms. The molecule has 0 fully saturated rings. The minimum atomic E-state index is -0.795. The topological polar surface area (TPSA) is 117 Å². The van der Waals surface area contributed by atoms with Crippen molar-refractivity contribution < 1.29 is 10.0 Å². The summed E-state index contributed by atoms with van der Waals surface area (Å²) in [7, 11) is 0. The Balaban J connectivity index is 1.91. The van der Waals surface area contributed by atoms with Gasteiger partial charge in [0.1, 0.15) is 18.5 Å². The maximum absolute atomic E-state index is 10.5. The van der Waals surface area contributed by atoms with E-state index in [0.717, 1.165) is 6.20 Å². The minimum absolute atomic E-state index is 0.120. The predicted octanol–water partition coefficient (Wildman–Crippen LogP) is 1.14. The molecule has 8 nitrogen and oxygen atoms in total. The van der Waals surface area contributed by atoms with Gasteiger partial charge in [0, 0.05) is 6.54 Å². The summed E-state index contributed by atoms with van der Waals surface area (Å²) < 4.78 is 1.31. The first kappa shape index (κ1) is 14.5. The monoisotopic (exact) mass is 287 g/mol. The van der Waals surface area contributed by atoms with Gasteiger partial charge in [0.25, 0.3) is 0 Å². The maximum Gasteiger partial charge on any atom is 0.306 e. The fourth-order valence-electron chi connectivity index (χ4n) is 1.79. The molecular formula is C13H13N5O3. The molecule has 2 N–H and O–H groups in total. The van der Waals surface area contributed by atoms with Crippen LogP contribution in [0.1, 0.15) is 5.56 Å². The second-order valence-electron chi connectivity index (χ2n) is 4.37. The minimum Gasteiger partial charge on any atom is -0.389 e. The van der Waals surface area contributed by atoms with Crippen LogP contribution in [0, 0.1) is 21.4 Å². The van der Waals surface area contributed by atoms with Gasteiger partial charge >= 0.3 is 5.69 Å². The van der Waals surface area contributed by atoms with Crippen molar-refractivity contribution in [3.8, 4) is 6.07 Å². The number of benzene rings is 1. The van der Waals surface area contributed by atoms with E-state index in [0.29, 0.717) is 11.3 Å². The molecule has 0 saturated heterocycles. The zero-order chi connectivity index (χ0) is 15.2. The highest BCUT2D eigenvalue weighted by molar-refractivity contribution is 5.57. The molecule has 0 aliphatic heterocycles. The number of rotatable bonds is 6. The van der Waals surface area contributed by atoms with Gasteiger partial charge in [0.2, 0.25) is 0 Å². The highest BCUT2D eigenvalue weighted by Gasteiger charge is 2.12. The summed E-state index contributed by atoms with van der Waals surface area (Å²) in [5, 5.41) is 36.1. The quantitative estimate of drug-likeness (QED) is 0.607. The van der Waals surface area contributed by atoms with Crippen LogP contribution in [0.4, 0.5) is 11.4 Å². The molecule has 1 aromatic carbocycles. The van der Waals surface area contributed by atoms with E-state index in [4.69, 9.17) is 5.26 Å². The summed E-state index contributed by atoms with van der Waals surface area (Å²) >= 11 is 0. The van der Waals surface area contributed by atoms with E-state index < -0.39 is 11.0 Å². The lowest BCUT2D eigenvalue weighted by atomic mass is 10.2. The lowest BCUT2D eigenvalue weighted by Gasteiger charge is -2.13. The van der Waals surface area contributed by atoms with Crippen LogP contribution in [0.25, 0.3) is 0 Å². The van der Waals surface area contributed by atoms with Gasteiger partial charge in [0.15, 0.2) is 0 Å². The van der Waals surface area contributed by atoms with Crippen LogP contribution in [0.15, 0.2) is 36.7 Å². The summed E-state index contributed by atoms with van der Waals surface area (Å²) in [5.41, 5.74) is 0.995. The smallest absolute Gasteiger partial charge is 0.306 e. The molecule has 108 valence electrons. The number of nitrogens with one attached hydrogen (secondary N) is 1. The maximum atomic E-state index is 10.5. The van der Waals surface area contributed by atoms with Crippen LogP contribution in [-0.2, 0) is 6.54 Å². The standard InChI is InChI=1S/C13H13N5O3/c14-5-10-3-1-2-4-13(10)15-7-12(19)9-17-8-11(6-16-17)18(20)21/h1-4,6,8,12,15,19H,7,9H2. The van der Waals surface area contributed by atoms with Crippen molar-refractivity contribution in [3.05, 3.63) is 52.3 Å². The summed E-state index contributed by atoms with van der Waals surface area (Å²) in [5.74, 6) is 0. The van der Waals surface area contributed by atoms with E-state index in [-0.39, 0.29) is 18.8 Å². The Morgan fingerprint density at radius 1 is 1.52 bits per heavy atom. The summed E-state index contributed by atoms with van der Waals surface area (Å²) in [6.07, 6.45) is 1.59. The number of hydrogen-bond donors (Lipinski definition) is 2. The zero-order valence-corrected chi connectivity index (χ0v) is 11.0. The highest BCUT2D eigenvalue weighted by atomic mass is 16.6. The van der Waals surface area contributed by atoms with Gasteiger partial charge in [-0.15, -0.1) is 0 Å². The zero-order valence-electron chi connectivity index (χ0n) is 11.0. The third kappa shape index (κ3) is 3.77. The fourth-order valence-corrected chi connectivity index (χ4v) is 1.79. The van der Waals surface area contributed by atoms with Gasteiger partial charge in [-0.1, -0.05) is 12.1 Å². The lowest BCUT2D eigenvalue weighted by molar-refractivity contribution is -0.385. The van der Waals surface area contributed by atoms with Crippen molar-refractivity contribution in [3.63, 3.8) is 0 Å². The van der Waals surface area contributed by atoms with E-state index in [1.165, 1.54) is 10.9 Å². The summed E-state index contributed by atoms with van der Waals surface area (Å²) in [6, 6.07) is 9.00. The largest absolute Gasteiger partial charge is 0.389 e. The second kappa shape index (κ2) is 6.49. The Bertz CT molecular complexity index is 676. The van der Waals surface area contributed by atoms with Gasteiger partial charge in [-0.05, 0) is 12.1 Å². The molecule has 0 bridgehead atoms. The van der Waals surface area contributed by atoms with Crippen molar-refractivity contribution in [2.24, 2.45) is 0 Å². The number of para-hydroxylation sites is 1. The third-order valence-electron chi connectivity index (χ3n) is 2.80. The van der Waals surface area contributed by atoms with Crippen LogP contribution in [0.5, 0.6) is 0 Å². The first-order valence-corrected chi connectivity index (χ1v) is 6.18. The molecule has 0 saturated carbocycles. The number of aliphatic hydroxyl groups excluding tert-OH is 1. The number of aliphatic hydroxyl groups is 1. The van der Waals surface area contributed by atoms with Gasteiger partial charge in [0.05, 0.1) is 28.8 Å². The number of aromatic nitrogens is 2. The third-order valence-corrected chi connectivity index (χ3v) is 2.80. The highest BCUT2D eigenvalue weighted by Crippen LogP contribution is 2.13. The van der Waals surface area contributed by atoms with E-state index >= 15 is 0 Å². The average molecular weight is 287 g/mol. The summed E-state index contributed by atoms with van der Waals surface area (Å²) in [6.45, 7) is 0.321. The Labute approximate surface area is 120 Å². The fraction of sp³-hybridized carbons (Fsp3) is 0.231. The number of nitrogens with zero attached hydrogens (tertiary/aromatic N) is 4. The number of hydrogen-bond acceptors (Lipinski definition) is 6. The van der Waals surface area contributed by atoms with E-state index in [1.807, 2.05) is 6.07 Å². The molecule has 21 heavy (non-hydrogen) atoms. The van der Waals surface area contributed by atoms with Crippen molar-refractivity contribution in [1.82, 2.24) is 9.78 Å². The van der Waals surface area contributed by atoms with Crippen molar-refractivity contribution in [2.45, 2.75) is 12.6 Å². The molecule has 0 radical (unpaired) electrons. The van der Waals surface area contributed by atoms with E-state index in [9.17, 15) is 15.2 Å². The average Bonchev–Trinajstić information content (AvgIpc) is 2.94. The normalized spacial score (nSPS) is 11.6. The van der Waals surface area contributed by atoms with Gasteiger partial charge in [-0.2, -0.15) is 10.4 Å². The van der Waals surface area contributed by atoms with Crippen LogP contribution >= 0.6 is 0 Å². The molecule has 1 aromatic heterocycles. The van der Waals surface area contributed by atoms with Crippen LogP contribution < -0.4 is 5.32 Å². The second-order valence-corrected chi connectivity index (χ2v) is 4.37. The number of nitriles is 1. The lowest BCUT2D eigenvalue weighted by Crippen LogP contribution is -2.25. The van der Waals surface area contributed by atoms with Crippen molar-refractivity contribution in [1.29, 1.82) is 5.26 Å².